The van der Waals surface area contributed by atoms with Crippen molar-refractivity contribution in [2.75, 3.05) is 26.2 Å². The van der Waals surface area contributed by atoms with Crippen molar-refractivity contribution in [1.82, 2.24) is 10.2 Å². The molecule has 22 heavy (non-hydrogen) atoms. The van der Waals surface area contributed by atoms with Crippen molar-refractivity contribution in [2.45, 2.75) is 19.1 Å². The first-order valence-corrected chi connectivity index (χ1v) is 7.11. The molecule has 0 radical (unpaired) electrons. The van der Waals surface area contributed by atoms with Crippen LogP contribution in [-0.4, -0.2) is 42.4 Å². The zero-order valence-corrected chi connectivity index (χ0v) is 15.0. The van der Waals surface area contributed by atoms with Crippen molar-refractivity contribution in [3.63, 3.8) is 0 Å². The van der Waals surface area contributed by atoms with E-state index in [0.717, 1.165) is 0 Å². The molecular formula is C13H18BrCl2F3N2O. The van der Waals surface area contributed by atoms with E-state index < -0.39 is 12.2 Å². The van der Waals surface area contributed by atoms with Gasteiger partial charge in [-0.05, 0) is 18.6 Å². The van der Waals surface area contributed by atoms with Crippen LogP contribution in [0.5, 0.6) is 5.75 Å². The fourth-order valence-electron chi connectivity index (χ4n) is 2.45. The molecule has 0 aliphatic carbocycles. The lowest BCUT2D eigenvalue weighted by atomic mass is 10.00. The summed E-state index contributed by atoms with van der Waals surface area (Å²) in [4.78, 5) is 1.36. The van der Waals surface area contributed by atoms with Crippen molar-refractivity contribution in [2.24, 2.45) is 0 Å². The van der Waals surface area contributed by atoms with Crippen LogP contribution in [0.2, 0.25) is 0 Å². The van der Waals surface area contributed by atoms with Crippen LogP contribution in [0.1, 0.15) is 17.2 Å². The normalized spacial score (nSPS) is 17.3. The van der Waals surface area contributed by atoms with E-state index in [1.807, 2.05) is 0 Å². The highest BCUT2D eigenvalue weighted by atomic mass is 79.9. The summed E-state index contributed by atoms with van der Waals surface area (Å²) in [6.07, 6.45) is -4.44. The second-order valence-electron chi connectivity index (χ2n) is 4.86. The van der Waals surface area contributed by atoms with Gasteiger partial charge in [-0.15, -0.1) is 24.8 Å². The Morgan fingerprint density at radius 2 is 1.77 bits per heavy atom. The van der Waals surface area contributed by atoms with Crippen LogP contribution in [0.4, 0.5) is 13.2 Å². The molecule has 0 unspecified atom stereocenters. The molecular weight excluding hydrogens is 408 g/mol. The monoisotopic (exact) mass is 424 g/mol. The third kappa shape index (κ3) is 4.64. The van der Waals surface area contributed by atoms with Crippen molar-refractivity contribution in [1.29, 1.82) is 0 Å². The van der Waals surface area contributed by atoms with Crippen LogP contribution in [0.25, 0.3) is 0 Å². The van der Waals surface area contributed by atoms with Gasteiger partial charge in [-0.25, -0.2) is 0 Å². The van der Waals surface area contributed by atoms with Crippen LogP contribution < -0.4 is 5.32 Å². The Morgan fingerprint density at radius 3 is 2.27 bits per heavy atom. The summed E-state index contributed by atoms with van der Waals surface area (Å²) in [6.45, 7) is 3.21. The minimum atomic E-state index is -4.44. The molecule has 2 N–H and O–H groups in total. The van der Waals surface area contributed by atoms with Gasteiger partial charge in [-0.1, -0.05) is 22.0 Å². The Morgan fingerprint density at radius 1 is 1.23 bits per heavy atom. The molecule has 0 bridgehead atoms. The maximum atomic E-state index is 13.5. The van der Waals surface area contributed by atoms with E-state index in [1.165, 1.54) is 4.90 Å². The van der Waals surface area contributed by atoms with Gasteiger partial charge in [0.1, 0.15) is 11.8 Å². The number of alkyl halides is 3. The zero-order chi connectivity index (χ0) is 14.9. The number of rotatable bonds is 2. The molecule has 1 aromatic rings. The molecule has 1 heterocycles. The molecule has 9 heteroatoms. The fraction of sp³-hybridized carbons (Fsp3) is 0.538. The second-order valence-corrected chi connectivity index (χ2v) is 5.71. The number of benzene rings is 1. The lowest BCUT2D eigenvalue weighted by Crippen LogP contribution is -2.49. The standard InChI is InChI=1S/C13H16BrF3N2O.2ClH/c1-8-2-3-9(14)10(11(8)20)12(13(15,16)17)19-6-4-18-5-7-19;;/h2-3,12,18,20H,4-7H2,1H3;2*1H/t12-;;/m0../s1. The summed E-state index contributed by atoms with van der Waals surface area (Å²) >= 11 is 3.14. The Bertz CT molecular complexity index is 497. The predicted octanol–water partition coefficient (Wildman–Crippen LogP) is 3.82. The highest BCUT2D eigenvalue weighted by molar-refractivity contribution is 9.10. The Kier molecular flexibility index (Phi) is 8.51. The first-order chi connectivity index (χ1) is 9.32. The van der Waals surface area contributed by atoms with E-state index >= 15 is 0 Å². The van der Waals surface area contributed by atoms with Gasteiger partial charge in [0, 0.05) is 36.2 Å². The fourth-order valence-corrected chi connectivity index (χ4v) is 2.98. The van der Waals surface area contributed by atoms with Gasteiger partial charge in [0.2, 0.25) is 0 Å². The third-order valence-corrected chi connectivity index (χ3v) is 4.16. The number of hydrogen-bond acceptors (Lipinski definition) is 3. The molecule has 0 amide bonds. The lowest BCUT2D eigenvalue weighted by Gasteiger charge is -2.37. The van der Waals surface area contributed by atoms with E-state index in [4.69, 9.17) is 0 Å². The van der Waals surface area contributed by atoms with E-state index in [2.05, 4.69) is 21.2 Å². The number of nitrogens with one attached hydrogen (secondary N) is 1. The molecule has 0 aromatic heterocycles. The number of phenolic OH excluding ortho intramolecular Hbond substituents is 1. The highest BCUT2D eigenvalue weighted by Crippen LogP contribution is 2.45. The van der Waals surface area contributed by atoms with E-state index in [0.29, 0.717) is 31.7 Å². The van der Waals surface area contributed by atoms with E-state index in [9.17, 15) is 18.3 Å². The average Bonchev–Trinajstić information content (AvgIpc) is 2.39. The van der Waals surface area contributed by atoms with Crippen LogP contribution >= 0.6 is 40.7 Å². The summed E-state index contributed by atoms with van der Waals surface area (Å²) < 4.78 is 40.7. The Hall–Kier alpha value is -0.210. The third-order valence-electron chi connectivity index (χ3n) is 3.47. The second kappa shape index (κ2) is 8.59. The van der Waals surface area contributed by atoms with Crippen LogP contribution in [-0.2, 0) is 0 Å². The number of piperazine rings is 1. The number of aryl methyl sites for hydroxylation is 1. The average molecular weight is 426 g/mol. The molecule has 1 fully saturated rings. The zero-order valence-electron chi connectivity index (χ0n) is 11.8. The Labute approximate surface area is 148 Å². The lowest BCUT2D eigenvalue weighted by molar-refractivity contribution is -0.188. The van der Waals surface area contributed by atoms with Crippen molar-refractivity contribution in [3.8, 4) is 5.75 Å². The number of aromatic hydroxyl groups is 1. The van der Waals surface area contributed by atoms with Gasteiger partial charge in [-0.3, -0.25) is 4.90 Å². The molecule has 2 rings (SSSR count). The number of halogens is 6. The highest BCUT2D eigenvalue weighted by Gasteiger charge is 2.47. The van der Waals surface area contributed by atoms with Crippen molar-refractivity contribution in [3.05, 3.63) is 27.7 Å². The van der Waals surface area contributed by atoms with Gasteiger partial charge in [0.15, 0.2) is 0 Å². The quantitative estimate of drug-likeness (QED) is 0.756. The van der Waals surface area contributed by atoms with Crippen molar-refractivity contribution < 1.29 is 18.3 Å². The Balaban J connectivity index is 0.00000220. The van der Waals surface area contributed by atoms with Crippen LogP contribution in [0.15, 0.2) is 16.6 Å². The molecule has 0 spiro atoms. The molecule has 3 nitrogen and oxygen atoms in total. The molecule has 0 saturated carbocycles. The minimum Gasteiger partial charge on any atom is -0.507 e. The van der Waals surface area contributed by atoms with E-state index in [1.54, 1.807) is 19.1 Å². The largest absolute Gasteiger partial charge is 0.507 e. The first kappa shape index (κ1) is 21.8. The minimum absolute atomic E-state index is 0. The molecule has 1 saturated heterocycles. The topological polar surface area (TPSA) is 35.5 Å². The molecule has 128 valence electrons. The van der Waals surface area contributed by atoms with Gasteiger partial charge >= 0.3 is 6.18 Å². The maximum absolute atomic E-state index is 13.5. The maximum Gasteiger partial charge on any atom is 0.408 e. The van der Waals surface area contributed by atoms with Gasteiger partial charge in [-0.2, -0.15) is 13.2 Å². The number of phenols is 1. The summed E-state index contributed by atoms with van der Waals surface area (Å²) in [5, 5.41) is 13.1. The first-order valence-electron chi connectivity index (χ1n) is 6.32. The molecule has 1 aliphatic heterocycles. The summed E-state index contributed by atoms with van der Waals surface area (Å²) in [6, 6.07) is 1.35. The predicted molar refractivity (Wildman–Crippen MR) is 88.3 cm³/mol. The van der Waals surface area contributed by atoms with Gasteiger partial charge in [0.05, 0.1) is 0 Å². The SMILES string of the molecule is Cc1ccc(Br)c([C@H](N2CCNCC2)C(F)(F)F)c1O.Cl.Cl. The smallest absolute Gasteiger partial charge is 0.408 e. The molecule has 1 atom stereocenters. The van der Waals surface area contributed by atoms with Gasteiger partial charge < -0.3 is 10.4 Å². The number of hydrogen-bond donors (Lipinski definition) is 2. The molecule has 1 aromatic carbocycles. The van der Waals surface area contributed by atoms with Crippen LogP contribution in [0, 0.1) is 6.92 Å². The summed E-state index contributed by atoms with van der Waals surface area (Å²) in [7, 11) is 0. The van der Waals surface area contributed by atoms with Crippen LogP contribution in [0.3, 0.4) is 0 Å². The summed E-state index contributed by atoms with van der Waals surface area (Å²) in [5.41, 5.74) is 0.340. The van der Waals surface area contributed by atoms with E-state index in [-0.39, 0.29) is 40.6 Å². The summed E-state index contributed by atoms with van der Waals surface area (Å²) in [5.74, 6) is -0.291. The van der Waals surface area contributed by atoms with Crippen molar-refractivity contribution >= 4 is 40.7 Å². The van der Waals surface area contributed by atoms with Gasteiger partial charge in [0.25, 0.3) is 0 Å². The number of nitrogens with zero attached hydrogens (tertiary/aromatic N) is 1. The molecule has 1 aliphatic rings.